The molecule has 0 aliphatic rings. The van der Waals surface area contributed by atoms with Gasteiger partial charge in [0.05, 0.1) is 10.5 Å². The summed E-state index contributed by atoms with van der Waals surface area (Å²) in [6, 6.07) is 10.3. The van der Waals surface area contributed by atoms with Gasteiger partial charge < -0.3 is 0 Å². The predicted molar refractivity (Wildman–Crippen MR) is 84.3 cm³/mol. The Kier molecular flexibility index (Phi) is 5.17. The summed E-state index contributed by atoms with van der Waals surface area (Å²) in [4.78, 5) is -0.783. The van der Waals surface area contributed by atoms with Gasteiger partial charge in [-0.2, -0.15) is 13.2 Å². The van der Waals surface area contributed by atoms with E-state index in [1.165, 1.54) is 6.07 Å². The first-order valence-electron chi connectivity index (χ1n) is 6.55. The minimum atomic E-state index is -4.75. The molecule has 23 heavy (non-hydrogen) atoms. The first-order chi connectivity index (χ1) is 10.6. The van der Waals surface area contributed by atoms with Crippen molar-refractivity contribution in [2.45, 2.75) is 24.0 Å². The molecule has 0 unspecified atom stereocenters. The molecule has 2 rings (SSSR count). The maximum atomic E-state index is 13.0. The molecular formula is C15H13BrF3NO2S. The molecule has 0 saturated carbocycles. The van der Waals surface area contributed by atoms with E-state index in [9.17, 15) is 21.6 Å². The zero-order valence-electron chi connectivity index (χ0n) is 11.9. The van der Waals surface area contributed by atoms with Crippen molar-refractivity contribution in [3.8, 4) is 0 Å². The molecule has 0 radical (unpaired) electrons. The Bertz CT molecular complexity index is 806. The number of rotatable bonds is 4. The van der Waals surface area contributed by atoms with Crippen LogP contribution in [0.5, 0.6) is 0 Å². The molecule has 0 aliphatic carbocycles. The fourth-order valence-electron chi connectivity index (χ4n) is 2.08. The van der Waals surface area contributed by atoms with E-state index in [2.05, 4.69) is 20.7 Å². The van der Waals surface area contributed by atoms with E-state index in [0.717, 1.165) is 22.7 Å². The van der Waals surface area contributed by atoms with E-state index in [-0.39, 0.29) is 0 Å². The van der Waals surface area contributed by atoms with E-state index in [1.807, 2.05) is 0 Å². The lowest BCUT2D eigenvalue weighted by Crippen LogP contribution is -2.29. The lowest BCUT2D eigenvalue weighted by Gasteiger charge is -2.18. The third-order valence-corrected chi connectivity index (χ3v) is 5.25. The summed E-state index contributed by atoms with van der Waals surface area (Å²) < 4.78 is 66.7. The van der Waals surface area contributed by atoms with E-state index < -0.39 is 32.7 Å². The van der Waals surface area contributed by atoms with Gasteiger partial charge in [-0.05, 0) is 36.8 Å². The predicted octanol–water partition coefficient (Wildman–Crippen LogP) is 4.51. The Morgan fingerprint density at radius 2 is 1.74 bits per heavy atom. The van der Waals surface area contributed by atoms with Crippen LogP contribution >= 0.6 is 15.9 Å². The van der Waals surface area contributed by atoms with Crippen LogP contribution in [0.3, 0.4) is 0 Å². The second-order valence-electron chi connectivity index (χ2n) is 4.89. The van der Waals surface area contributed by atoms with Gasteiger partial charge in [-0.1, -0.05) is 40.2 Å². The minimum absolute atomic E-state index is 0.632. The molecule has 0 aliphatic heterocycles. The van der Waals surface area contributed by atoms with Crippen molar-refractivity contribution in [3.05, 3.63) is 64.1 Å². The van der Waals surface area contributed by atoms with Crippen LogP contribution < -0.4 is 4.72 Å². The molecule has 1 N–H and O–H groups in total. The topological polar surface area (TPSA) is 46.2 Å². The molecule has 0 aromatic heterocycles. The smallest absolute Gasteiger partial charge is 0.207 e. The Hall–Kier alpha value is -1.38. The van der Waals surface area contributed by atoms with Crippen LogP contribution in [0.15, 0.2) is 57.9 Å². The molecule has 2 aromatic rings. The third kappa shape index (κ3) is 4.33. The largest absolute Gasteiger partial charge is 0.417 e. The molecule has 2 aromatic carbocycles. The molecule has 0 fully saturated rings. The van der Waals surface area contributed by atoms with Crippen molar-refractivity contribution >= 4 is 26.0 Å². The van der Waals surface area contributed by atoms with Crippen LogP contribution in [0, 0.1) is 0 Å². The molecule has 1 atom stereocenters. The highest BCUT2D eigenvalue weighted by Gasteiger charge is 2.37. The van der Waals surface area contributed by atoms with Gasteiger partial charge in [-0.3, -0.25) is 0 Å². The first-order valence-corrected chi connectivity index (χ1v) is 8.83. The number of halogens is 4. The van der Waals surface area contributed by atoms with Gasteiger partial charge in [-0.25, -0.2) is 13.1 Å². The standard InChI is InChI=1S/C15H13BrF3NO2S/c1-10(11-5-4-6-12(16)9-11)20-23(21,22)14-8-3-2-7-13(14)15(17,18)19/h2-10,20H,1H3/t10-/m1/s1. The summed E-state index contributed by atoms with van der Waals surface area (Å²) in [5.74, 6) is 0. The van der Waals surface area contributed by atoms with E-state index in [1.54, 1.807) is 31.2 Å². The van der Waals surface area contributed by atoms with Crippen LogP contribution in [0.25, 0.3) is 0 Å². The summed E-state index contributed by atoms with van der Waals surface area (Å²) in [7, 11) is -4.32. The average molecular weight is 408 g/mol. The number of nitrogens with one attached hydrogen (secondary N) is 1. The van der Waals surface area contributed by atoms with Crippen LogP contribution in [0.4, 0.5) is 13.2 Å². The number of benzene rings is 2. The number of sulfonamides is 1. The van der Waals surface area contributed by atoms with Gasteiger partial charge in [0.1, 0.15) is 0 Å². The van der Waals surface area contributed by atoms with Crippen LogP contribution in [-0.2, 0) is 16.2 Å². The minimum Gasteiger partial charge on any atom is -0.207 e. The lowest BCUT2D eigenvalue weighted by atomic mass is 10.1. The molecule has 0 amide bonds. The van der Waals surface area contributed by atoms with Crippen LogP contribution in [0.2, 0.25) is 0 Å². The Morgan fingerprint density at radius 1 is 1.09 bits per heavy atom. The second kappa shape index (κ2) is 6.62. The summed E-state index contributed by atoms with van der Waals surface area (Å²) in [5.41, 5.74) is -0.554. The maximum Gasteiger partial charge on any atom is 0.417 e. The van der Waals surface area contributed by atoms with Gasteiger partial charge in [-0.15, -0.1) is 0 Å². The third-order valence-electron chi connectivity index (χ3n) is 3.16. The first kappa shape index (κ1) is 18.0. The summed E-state index contributed by atoms with van der Waals surface area (Å²) in [6.07, 6.45) is -4.75. The Labute approximate surface area is 140 Å². The fourth-order valence-corrected chi connectivity index (χ4v) is 3.95. The molecule has 0 spiro atoms. The number of hydrogen-bond donors (Lipinski definition) is 1. The SMILES string of the molecule is C[C@@H](NS(=O)(=O)c1ccccc1C(F)(F)F)c1cccc(Br)c1. The molecule has 3 nitrogen and oxygen atoms in total. The maximum absolute atomic E-state index is 13.0. The summed E-state index contributed by atoms with van der Waals surface area (Å²) >= 11 is 3.27. The van der Waals surface area contributed by atoms with Crippen molar-refractivity contribution in [1.82, 2.24) is 4.72 Å². The molecule has 124 valence electrons. The number of alkyl halides is 3. The molecule has 0 heterocycles. The van der Waals surface area contributed by atoms with Gasteiger partial charge in [0, 0.05) is 10.5 Å². The van der Waals surface area contributed by atoms with E-state index in [4.69, 9.17) is 0 Å². The zero-order valence-corrected chi connectivity index (χ0v) is 14.3. The lowest BCUT2D eigenvalue weighted by molar-refractivity contribution is -0.139. The second-order valence-corrected chi connectivity index (χ2v) is 7.49. The Balaban J connectivity index is 2.37. The molecule has 8 heteroatoms. The summed E-state index contributed by atoms with van der Waals surface area (Å²) in [6.45, 7) is 1.57. The highest BCUT2D eigenvalue weighted by Crippen LogP contribution is 2.34. The van der Waals surface area contributed by atoms with Crippen molar-refractivity contribution in [1.29, 1.82) is 0 Å². The van der Waals surface area contributed by atoms with Crippen molar-refractivity contribution in [3.63, 3.8) is 0 Å². The highest BCUT2D eigenvalue weighted by atomic mass is 79.9. The van der Waals surface area contributed by atoms with E-state index in [0.29, 0.717) is 5.56 Å². The van der Waals surface area contributed by atoms with Gasteiger partial charge >= 0.3 is 6.18 Å². The Morgan fingerprint density at radius 3 is 2.35 bits per heavy atom. The normalized spacial score (nSPS) is 13.8. The molecule has 0 saturated heterocycles. The van der Waals surface area contributed by atoms with Crippen molar-refractivity contribution < 1.29 is 21.6 Å². The zero-order chi connectivity index (χ0) is 17.3. The van der Waals surface area contributed by atoms with Crippen molar-refractivity contribution in [2.75, 3.05) is 0 Å². The number of hydrogen-bond acceptors (Lipinski definition) is 2. The van der Waals surface area contributed by atoms with Gasteiger partial charge in [0.15, 0.2) is 0 Å². The van der Waals surface area contributed by atoms with Gasteiger partial charge in [0.2, 0.25) is 10.0 Å². The monoisotopic (exact) mass is 407 g/mol. The van der Waals surface area contributed by atoms with Gasteiger partial charge in [0.25, 0.3) is 0 Å². The fraction of sp³-hybridized carbons (Fsp3) is 0.200. The summed E-state index contributed by atoms with van der Waals surface area (Å²) in [5, 5.41) is 0. The molecule has 0 bridgehead atoms. The van der Waals surface area contributed by atoms with Crippen LogP contribution in [0.1, 0.15) is 24.1 Å². The highest BCUT2D eigenvalue weighted by molar-refractivity contribution is 9.10. The average Bonchev–Trinajstić information content (AvgIpc) is 2.46. The van der Waals surface area contributed by atoms with E-state index >= 15 is 0 Å². The molecular weight excluding hydrogens is 395 g/mol. The quantitative estimate of drug-likeness (QED) is 0.810. The van der Waals surface area contributed by atoms with Crippen LogP contribution in [-0.4, -0.2) is 8.42 Å². The van der Waals surface area contributed by atoms with Crippen molar-refractivity contribution in [2.24, 2.45) is 0 Å².